The Hall–Kier alpha value is -3.80. The van der Waals surface area contributed by atoms with Crippen LogP contribution in [0.5, 0.6) is 11.5 Å². The molecule has 0 aliphatic heterocycles. The Bertz CT molecular complexity index is 1110. The third-order valence-electron chi connectivity index (χ3n) is 3.87. The molecular formula is C20H15N3O3. The number of H-pyrrole nitrogens is 2. The van der Waals surface area contributed by atoms with Gasteiger partial charge in [-0.3, -0.25) is 4.79 Å². The predicted octanol–water partition coefficient (Wildman–Crippen LogP) is 3.90. The molecule has 1 aromatic heterocycles. The van der Waals surface area contributed by atoms with Crippen LogP contribution in [0.2, 0.25) is 0 Å². The summed E-state index contributed by atoms with van der Waals surface area (Å²) < 4.78 is 5.71. The summed E-state index contributed by atoms with van der Waals surface area (Å²) in [7, 11) is 0. The van der Waals surface area contributed by atoms with Gasteiger partial charge in [0.2, 0.25) is 0 Å². The van der Waals surface area contributed by atoms with Crippen molar-refractivity contribution in [2.45, 2.75) is 0 Å². The molecule has 6 nitrogen and oxygen atoms in total. The average molecular weight is 345 g/mol. The van der Waals surface area contributed by atoms with Crippen molar-refractivity contribution in [3.63, 3.8) is 0 Å². The molecule has 0 atom stereocenters. The third kappa shape index (κ3) is 3.34. The fraction of sp³-hybridized carbons (Fsp3) is 0. The molecule has 0 spiro atoms. The Morgan fingerprint density at radius 1 is 0.808 bits per heavy atom. The number of aromatic amines is 2. The SMILES string of the molecule is O=C(Nc1ccc2[nH]c(=O)[nH]c2c1)c1ccc(Oc2ccccc2)cc1. The average Bonchev–Trinajstić information content (AvgIpc) is 3.02. The Labute approximate surface area is 148 Å². The molecule has 1 amide bonds. The van der Waals surface area contributed by atoms with Crippen LogP contribution in [0.4, 0.5) is 5.69 Å². The fourth-order valence-corrected chi connectivity index (χ4v) is 2.61. The van der Waals surface area contributed by atoms with Crippen LogP contribution < -0.4 is 15.7 Å². The van der Waals surface area contributed by atoms with Crippen molar-refractivity contribution in [2.24, 2.45) is 0 Å². The van der Waals surface area contributed by atoms with E-state index in [1.165, 1.54) is 0 Å². The first-order valence-electron chi connectivity index (χ1n) is 8.04. The highest BCUT2D eigenvalue weighted by atomic mass is 16.5. The van der Waals surface area contributed by atoms with Crippen molar-refractivity contribution in [3.05, 3.63) is 88.8 Å². The number of ether oxygens (including phenoxy) is 1. The number of aromatic nitrogens is 2. The molecule has 1 heterocycles. The molecule has 128 valence electrons. The normalized spacial score (nSPS) is 10.6. The van der Waals surface area contributed by atoms with Crippen LogP contribution in [0.25, 0.3) is 11.0 Å². The highest BCUT2D eigenvalue weighted by Crippen LogP contribution is 2.22. The molecule has 6 heteroatoms. The fourth-order valence-electron chi connectivity index (χ4n) is 2.61. The van der Waals surface area contributed by atoms with Gasteiger partial charge in [0.05, 0.1) is 11.0 Å². The maximum atomic E-state index is 12.4. The van der Waals surface area contributed by atoms with E-state index in [-0.39, 0.29) is 11.6 Å². The van der Waals surface area contributed by atoms with Gasteiger partial charge in [0.1, 0.15) is 11.5 Å². The molecule has 0 bridgehead atoms. The maximum Gasteiger partial charge on any atom is 0.323 e. The second-order valence-electron chi connectivity index (χ2n) is 5.73. The number of rotatable bonds is 4. The van der Waals surface area contributed by atoms with Crippen LogP contribution in [-0.2, 0) is 0 Å². The molecule has 0 aliphatic carbocycles. The number of hydrogen-bond donors (Lipinski definition) is 3. The first-order valence-corrected chi connectivity index (χ1v) is 8.04. The van der Waals surface area contributed by atoms with E-state index in [1.54, 1.807) is 42.5 Å². The number of anilines is 1. The Morgan fingerprint density at radius 3 is 2.27 bits per heavy atom. The topological polar surface area (TPSA) is 87.0 Å². The van der Waals surface area contributed by atoms with Crippen molar-refractivity contribution < 1.29 is 9.53 Å². The lowest BCUT2D eigenvalue weighted by atomic mass is 10.2. The molecule has 26 heavy (non-hydrogen) atoms. The molecule has 0 saturated heterocycles. The summed E-state index contributed by atoms with van der Waals surface area (Å²) in [5.41, 5.74) is 2.16. The van der Waals surface area contributed by atoms with E-state index < -0.39 is 0 Å². The number of imidazole rings is 1. The van der Waals surface area contributed by atoms with E-state index in [2.05, 4.69) is 15.3 Å². The maximum absolute atomic E-state index is 12.4. The highest BCUT2D eigenvalue weighted by Gasteiger charge is 2.08. The Morgan fingerprint density at radius 2 is 1.50 bits per heavy atom. The lowest BCUT2D eigenvalue weighted by molar-refractivity contribution is 0.102. The molecule has 0 aliphatic rings. The van der Waals surface area contributed by atoms with Gasteiger partial charge in [0.25, 0.3) is 5.91 Å². The molecule has 0 radical (unpaired) electrons. The lowest BCUT2D eigenvalue weighted by Crippen LogP contribution is -2.11. The number of fused-ring (bicyclic) bond motifs is 1. The van der Waals surface area contributed by atoms with Crippen LogP contribution in [0.15, 0.2) is 77.6 Å². The minimum atomic E-state index is -0.280. The van der Waals surface area contributed by atoms with E-state index in [1.807, 2.05) is 30.3 Å². The van der Waals surface area contributed by atoms with Crippen molar-refractivity contribution in [1.29, 1.82) is 0 Å². The first kappa shape index (κ1) is 15.7. The van der Waals surface area contributed by atoms with Gasteiger partial charge in [0, 0.05) is 11.3 Å². The molecule has 0 fully saturated rings. The van der Waals surface area contributed by atoms with E-state index >= 15 is 0 Å². The molecule has 4 rings (SSSR count). The quantitative estimate of drug-likeness (QED) is 0.524. The third-order valence-corrected chi connectivity index (χ3v) is 3.87. The zero-order valence-electron chi connectivity index (χ0n) is 13.7. The van der Waals surface area contributed by atoms with Crippen molar-refractivity contribution in [3.8, 4) is 11.5 Å². The number of hydrogen-bond acceptors (Lipinski definition) is 3. The smallest absolute Gasteiger partial charge is 0.323 e. The summed E-state index contributed by atoms with van der Waals surface area (Å²) >= 11 is 0. The van der Waals surface area contributed by atoms with Crippen LogP contribution in [0.3, 0.4) is 0 Å². The molecule has 0 unspecified atom stereocenters. The summed E-state index contributed by atoms with van der Waals surface area (Å²) in [6.07, 6.45) is 0. The molecule has 3 aromatic carbocycles. The minimum Gasteiger partial charge on any atom is -0.457 e. The Kier molecular flexibility index (Phi) is 3.99. The number of benzene rings is 3. The van der Waals surface area contributed by atoms with Crippen molar-refractivity contribution >= 4 is 22.6 Å². The van der Waals surface area contributed by atoms with E-state index in [0.717, 1.165) is 5.75 Å². The van der Waals surface area contributed by atoms with Gasteiger partial charge in [-0.05, 0) is 54.6 Å². The van der Waals surface area contributed by atoms with Crippen LogP contribution in [-0.4, -0.2) is 15.9 Å². The summed E-state index contributed by atoms with van der Waals surface area (Å²) in [6, 6.07) is 21.5. The summed E-state index contributed by atoms with van der Waals surface area (Å²) in [5, 5.41) is 2.81. The molecule has 0 saturated carbocycles. The van der Waals surface area contributed by atoms with Gasteiger partial charge < -0.3 is 20.0 Å². The van der Waals surface area contributed by atoms with E-state index in [9.17, 15) is 9.59 Å². The molecule has 3 N–H and O–H groups in total. The number of amides is 1. The van der Waals surface area contributed by atoms with Crippen LogP contribution in [0.1, 0.15) is 10.4 Å². The summed E-state index contributed by atoms with van der Waals surface area (Å²) in [6.45, 7) is 0. The van der Waals surface area contributed by atoms with Gasteiger partial charge >= 0.3 is 5.69 Å². The second-order valence-corrected chi connectivity index (χ2v) is 5.73. The van der Waals surface area contributed by atoms with Gasteiger partial charge in [0.15, 0.2) is 0 Å². The zero-order valence-corrected chi connectivity index (χ0v) is 13.7. The van der Waals surface area contributed by atoms with Gasteiger partial charge in [-0.15, -0.1) is 0 Å². The standard InChI is InChI=1S/C20H15N3O3/c24-19(21-14-8-11-17-18(12-14)23-20(25)22-17)13-6-9-16(10-7-13)26-15-4-2-1-3-5-15/h1-12H,(H,21,24)(H2,22,23,25). The van der Waals surface area contributed by atoms with Gasteiger partial charge in [-0.2, -0.15) is 0 Å². The summed E-state index contributed by atoms with van der Waals surface area (Å²) in [4.78, 5) is 29.0. The Balaban J connectivity index is 1.47. The van der Waals surface area contributed by atoms with Crippen molar-refractivity contribution in [2.75, 3.05) is 5.32 Å². The monoisotopic (exact) mass is 345 g/mol. The number of para-hydroxylation sites is 1. The first-order chi connectivity index (χ1) is 12.7. The number of carbonyl (C=O) groups excluding carboxylic acids is 1. The number of carbonyl (C=O) groups is 1. The highest BCUT2D eigenvalue weighted by molar-refractivity contribution is 6.05. The van der Waals surface area contributed by atoms with E-state index in [0.29, 0.717) is 28.0 Å². The second kappa shape index (κ2) is 6.60. The zero-order chi connectivity index (χ0) is 17.9. The van der Waals surface area contributed by atoms with Gasteiger partial charge in [-0.25, -0.2) is 4.79 Å². The van der Waals surface area contributed by atoms with Crippen LogP contribution >= 0.6 is 0 Å². The van der Waals surface area contributed by atoms with Gasteiger partial charge in [-0.1, -0.05) is 18.2 Å². The predicted molar refractivity (Wildman–Crippen MR) is 99.8 cm³/mol. The van der Waals surface area contributed by atoms with Crippen LogP contribution in [0, 0.1) is 0 Å². The molecule has 4 aromatic rings. The minimum absolute atomic E-state index is 0.242. The number of nitrogens with one attached hydrogen (secondary N) is 3. The summed E-state index contributed by atoms with van der Waals surface area (Å²) in [5.74, 6) is 1.14. The largest absolute Gasteiger partial charge is 0.457 e. The molecular weight excluding hydrogens is 330 g/mol. The lowest BCUT2D eigenvalue weighted by Gasteiger charge is -2.08. The van der Waals surface area contributed by atoms with E-state index in [4.69, 9.17) is 4.74 Å². The van der Waals surface area contributed by atoms with Crippen molar-refractivity contribution in [1.82, 2.24) is 9.97 Å².